The Balaban J connectivity index is 1.71. The predicted octanol–water partition coefficient (Wildman–Crippen LogP) is 6.06. The van der Waals surface area contributed by atoms with E-state index in [1.54, 1.807) is 0 Å². The van der Waals surface area contributed by atoms with Gasteiger partial charge in [0.1, 0.15) is 8.51 Å². The van der Waals surface area contributed by atoms with Crippen LogP contribution in [0.4, 0.5) is 0 Å². The van der Waals surface area contributed by atoms with Crippen LogP contribution in [0.3, 0.4) is 0 Å². The van der Waals surface area contributed by atoms with Crippen LogP contribution in [-0.4, -0.2) is 9.08 Å². The molecular formula is C22H17N2P. The minimum absolute atomic E-state index is 0.235. The maximum absolute atomic E-state index is 4.84. The van der Waals surface area contributed by atoms with Crippen molar-refractivity contribution in [2.75, 3.05) is 0 Å². The number of aromatic nitrogens is 2. The summed E-state index contributed by atoms with van der Waals surface area (Å²) in [5, 5.41) is 0. The molecule has 3 aromatic carbocycles. The Morgan fingerprint density at radius 3 is 1.96 bits per heavy atom. The van der Waals surface area contributed by atoms with E-state index in [0.717, 1.165) is 14.2 Å². The number of fused-ring (bicyclic) bond motifs is 3. The molecule has 1 aliphatic carbocycles. The van der Waals surface area contributed by atoms with Crippen LogP contribution in [0.5, 0.6) is 0 Å². The fourth-order valence-electron chi connectivity index (χ4n) is 3.84. The van der Waals surface area contributed by atoms with Crippen LogP contribution >= 0.6 is 8.51 Å². The Hall–Kier alpha value is -2.70. The first-order valence-corrected chi connectivity index (χ1v) is 9.30. The second kappa shape index (κ2) is 5.68. The van der Waals surface area contributed by atoms with E-state index in [-0.39, 0.29) is 6.04 Å². The lowest BCUT2D eigenvalue weighted by atomic mass is 10.0. The van der Waals surface area contributed by atoms with Gasteiger partial charge in [-0.05, 0) is 29.2 Å². The summed E-state index contributed by atoms with van der Waals surface area (Å²) in [6, 6.07) is 28.2. The van der Waals surface area contributed by atoms with Gasteiger partial charge in [0.2, 0.25) is 0 Å². The molecule has 0 fully saturated rings. The largest absolute Gasteiger partial charge is 0.299 e. The van der Waals surface area contributed by atoms with Crippen molar-refractivity contribution in [1.29, 1.82) is 0 Å². The number of nitrogens with zero attached hydrogens (tertiary/aromatic N) is 2. The average Bonchev–Trinajstić information content (AvgIpc) is 3.20. The summed E-state index contributed by atoms with van der Waals surface area (Å²) in [6.45, 7) is 2.19. The Kier molecular flexibility index (Phi) is 3.33. The molecule has 25 heavy (non-hydrogen) atoms. The Bertz CT molecular complexity index is 1020. The van der Waals surface area contributed by atoms with Crippen LogP contribution in [0, 0.1) is 6.92 Å². The van der Waals surface area contributed by atoms with Gasteiger partial charge in [-0.2, -0.15) is 0 Å². The molecule has 0 bridgehead atoms. The minimum Gasteiger partial charge on any atom is -0.299 e. The second-order valence-corrected chi connectivity index (χ2v) is 7.22. The summed E-state index contributed by atoms with van der Waals surface area (Å²) in [6.07, 6.45) is 0. The smallest absolute Gasteiger partial charge is 0.133 e. The van der Waals surface area contributed by atoms with E-state index >= 15 is 0 Å². The van der Waals surface area contributed by atoms with Gasteiger partial charge < -0.3 is 0 Å². The highest BCUT2D eigenvalue weighted by Gasteiger charge is 2.31. The predicted molar refractivity (Wildman–Crippen MR) is 104 cm³/mol. The summed E-state index contributed by atoms with van der Waals surface area (Å²) < 4.78 is 7.25. The first-order chi connectivity index (χ1) is 12.3. The molecule has 1 aromatic heterocycles. The van der Waals surface area contributed by atoms with Crippen molar-refractivity contribution < 1.29 is 0 Å². The van der Waals surface area contributed by atoms with Crippen molar-refractivity contribution in [3.8, 4) is 22.4 Å². The van der Waals surface area contributed by atoms with Crippen LogP contribution < -0.4 is 0 Å². The fraction of sp³-hybridized carbons (Fsp3) is 0.0909. The second-order valence-electron chi connectivity index (χ2n) is 6.41. The van der Waals surface area contributed by atoms with Gasteiger partial charge in [0, 0.05) is 11.3 Å². The third kappa shape index (κ3) is 2.18. The molecule has 120 valence electrons. The summed E-state index contributed by atoms with van der Waals surface area (Å²) in [7, 11) is 0.995. The highest BCUT2D eigenvalue weighted by atomic mass is 31.1. The van der Waals surface area contributed by atoms with Crippen LogP contribution in [0.15, 0.2) is 78.9 Å². The number of rotatable bonds is 2. The fourth-order valence-corrected chi connectivity index (χ4v) is 4.87. The van der Waals surface area contributed by atoms with Crippen LogP contribution in [0.25, 0.3) is 22.4 Å². The topological polar surface area (TPSA) is 17.8 Å². The summed E-state index contributed by atoms with van der Waals surface area (Å²) >= 11 is 0. The van der Waals surface area contributed by atoms with Gasteiger partial charge in [-0.25, -0.2) is 4.75 Å². The third-order valence-corrected chi connectivity index (χ3v) is 6.03. The third-order valence-electron chi connectivity index (χ3n) is 5.02. The maximum Gasteiger partial charge on any atom is 0.133 e. The standard InChI is InChI=1S/C22H17N2P/c1-15-21(16-9-3-2-4-10-16)23-25-24(15)22-19-13-7-5-11-17(19)18-12-6-8-14-20(18)22/h2-14,22H,1H3. The van der Waals surface area contributed by atoms with E-state index in [9.17, 15) is 0 Å². The minimum atomic E-state index is 0.235. The van der Waals surface area contributed by atoms with E-state index in [1.165, 1.54) is 33.5 Å². The highest BCUT2D eigenvalue weighted by Crippen LogP contribution is 2.47. The van der Waals surface area contributed by atoms with E-state index < -0.39 is 0 Å². The molecule has 2 nitrogen and oxygen atoms in total. The van der Waals surface area contributed by atoms with Crippen molar-refractivity contribution >= 4 is 8.51 Å². The molecule has 3 heteroatoms. The Morgan fingerprint density at radius 1 is 0.760 bits per heavy atom. The molecule has 1 heterocycles. The molecule has 0 N–H and O–H groups in total. The van der Waals surface area contributed by atoms with Crippen molar-refractivity contribution in [2.24, 2.45) is 0 Å². The molecule has 0 amide bonds. The summed E-state index contributed by atoms with van der Waals surface area (Å²) in [5.74, 6) is 0. The molecular weight excluding hydrogens is 323 g/mol. The van der Waals surface area contributed by atoms with Gasteiger partial charge in [0.05, 0.1) is 11.7 Å². The van der Waals surface area contributed by atoms with E-state index in [1.807, 2.05) is 6.07 Å². The van der Waals surface area contributed by atoms with E-state index in [4.69, 9.17) is 4.75 Å². The normalized spacial score (nSPS) is 13.2. The molecule has 0 atom stereocenters. The summed E-state index contributed by atoms with van der Waals surface area (Å²) in [4.78, 5) is 0. The molecule has 4 aromatic rings. The molecule has 0 aliphatic heterocycles. The lowest BCUT2D eigenvalue weighted by Crippen LogP contribution is -2.08. The number of hydrogen-bond acceptors (Lipinski definition) is 1. The lowest BCUT2D eigenvalue weighted by molar-refractivity contribution is 0.736. The summed E-state index contributed by atoms with van der Waals surface area (Å²) in [5.41, 5.74) is 8.97. The van der Waals surface area contributed by atoms with Gasteiger partial charge in [-0.15, -0.1) is 0 Å². The monoisotopic (exact) mass is 340 g/mol. The quantitative estimate of drug-likeness (QED) is 0.382. The molecule has 0 saturated carbocycles. The zero-order valence-corrected chi connectivity index (χ0v) is 14.8. The Morgan fingerprint density at radius 2 is 1.32 bits per heavy atom. The van der Waals surface area contributed by atoms with Gasteiger partial charge in [-0.3, -0.25) is 4.33 Å². The lowest BCUT2D eigenvalue weighted by Gasteiger charge is -2.17. The average molecular weight is 340 g/mol. The first kappa shape index (κ1) is 14.6. The number of benzene rings is 3. The van der Waals surface area contributed by atoms with E-state index in [0.29, 0.717) is 0 Å². The molecule has 0 saturated heterocycles. The molecule has 0 spiro atoms. The molecule has 1 aliphatic rings. The van der Waals surface area contributed by atoms with Crippen molar-refractivity contribution in [1.82, 2.24) is 9.08 Å². The molecule has 0 radical (unpaired) electrons. The first-order valence-electron chi connectivity index (χ1n) is 8.50. The van der Waals surface area contributed by atoms with Crippen LogP contribution in [0.2, 0.25) is 0 Å². The zero-order chi connectivity index (χ0) is 16.8. The van der Waals surface area contributed by atoms with Crippen LogP contribution in [-0.2, 0) is 0 Å². The van der Waals surface area contributed by atoms with Crippen LogP contribution in [0.1, 0.15) is 22.9 Å². The van der Waals surface area contributed by atoms with Gasteiger partial charge in [0.15, 0.2) is 0 Å². The van der Waals surface area contributed by atoms with Gasteiger partial charge in [-0.1, -0.05) is 78.9 Å². The molecule has 5 rings (SSSR count). The van der Waals surface area contributed by atoms with Gasteiger partial charge in [0.25, 0.3) is 0 Å². The maximum atomic E-state index is 4.84. The highest BCUT2D eigenvalue weighted by molar-refractivity contribution is 7.21. The van der Waals surface area contributed by atoms with Crippen molar-refractivity contribution in [3.05, 3.63) is 95.7 Å². The van der Waals surface area contributed by atoms with Gasteiger partial charge >= 0.3 is 0 Å². The van der Waals surface area contributed by atoms with Crippen molar-refractivity contribution in [2.45, 2.75) is 13.0 Å². The zero-order valence-electron chi connectivity index (χ0n) is 13.9. The SMILES string of the molecule is Cc1c(-c2ccccc2)npn1C1c2ccccc2-c2ccccc21. The van der Waals surface area contributed by atoms with Crippen molar-refractivity contribution in [3.63, 3.8) is 0 Å². The van der Waals surface area contributed by atoms with E-state index in [2.05, 4.69) is 84.0 Å². The molecule has 0 unspecified atom stereocenters. The Labute approximate surface area is 149 Å². The number of hydrogen-bond donors (Lipinski definition) is 0.